The molecule has 0 aliphatic carbocycles. The Balaban J connectivity index is 1.86. The second kappa shape index (κ2) is 7.20. The quantitative estimate of drug-likeness (QED) is 0.923. The Morgan fingerprint density at radius 2 is 1.83 bits per heavy atom. The average molecular weight is 348 g/mol. The van der Waals surface area contributed by atoms with E-state index in [0.717, 1.165) is 31.9 Å². The first kappa shape index (κ1) is 16.7. The maximum absolute atomic E-state index is 13.8. The summed E-state index contributed by atoms with van der Waals surface area (Å²) >= 11 is 6.09. The minimum Gasteiger partial charge on any atom is -0.367 e. The summed E-state index contributed by atoms with van der Waals surface area (Å²) in [4.78, 5) is 16.9. The maximum Gasteiger partial charge on any atom is 0.258 e. The predicted octanol–water partition coefficient (Wildman–Crippen LogP) is 3.48. The molecular weight excluding hydrogens is 329 g/mol. The number of rotatable bonds is 3. The number of nitrogens with zero attached hydrogens (tertiary/aromatic N) is 2. The summed E-state index contributed by atoms with van der Waals surface area (Å²) in [5.41, 5.74) is 1.51. The highest BCUT2D eigenvalue weighted by Crippen LogP contribution is 2.30. The Morgan fingerprint density at radius 1 is 1.12 bits per heavy atom. The van der Waals surface area contributed by atoms with Crippen molar-refractivity contribution in [3.63, 3.8) is 0 Å². The van der Waals surface area contributed by atoms with E-state index >= 15 is 0 Å². The van der Waals surface area contributed by atoms with Crippen molar-refractivity contribution in [3.05, 3.63) is 58.9 Å². The standard InChI is InChI=1S/C18H19ClFN3O/c1-22-8-10-23(11-9-22)17-7-6-13(19)12-16(17)21-18(24)14-4-2-3-5-15(14)20/h2-7,12H,8-11H2,1H3,(H,21,24). The fourth-order valence-electron chi connectivity index (χ4n) is 2.77. The van der Waals surface area contributed by atoms with Crippen molar-refractivity contribution in [1.29, 1.82) is 0 Å². The minimum atomic E-state index is -0.543. The Bertz CT molecular complexity index is 745. The highest BCUT2D eigenvalue weighted by Gasteiger charge is 2.19. The van der Waals surface area contributed by atoms with Gasteiger partial charge in [0.1, 0.15) is 5.82 Å². The van der Waals surface area contributed by atoms with Crippen LogP contribution in [0.25, 0.3) is 0 Å². The molecule has 0 radical (unpaired) electrons. The number of piperazine rings is 1. The number of carbonyl (C=O) groups is 1. The van der Waals surface area contributed by atoms with Gasteiger partial charge in [0, 0.05) is 31.2 Å². The molecule has 1 heterocycles. The second-order valence-electron chi connectivity index (χ2n) is 5.89. The molecule has 0 unspecified atom stereocenters. The molecule has 1 fully saturated rings. The van der Waals surface area contributed by atoms with Crippen molar-refractivity contribution in [2.45, 2.75) is 0 Å². The lowest BCUT2D eigenvalue weighted by atomic mass is 10.1. The lowest BCUT2D eigenvalue weighted by molar-refractivity contribution is 0.102. The van der Waals surface area contributed by atoms with Gasteiger partial charge < -0.3 is 15.1 Å². The molecular formula is C18H19ClFN3O. The normalized spacial score (nSPS) is 15.4. The van der Waals surface area contributed by atoms with E-state index in [0.29, 0.717) is 10.7 Å². The van der Waals surface area contributed by atoms with Crippen LogP contribution in [0.2, 0.25) is 5.02 Å². The Morgan fingerprint density at radius 3 is 2.54 bits per heavy atom. The summed E-state index contributed by atoms with van der Waals surface area (Å²) in [5.74, 6) is -1.02. The summed E-state index contributed by atoms with van der Waals surface area (Å²) < 4.78 is 13.8. The zero-order chi connectivity index (χ0) is 17.1. The topological polar surface area (TPSA) is 35.6 Å². The van der Waals surface area contributed by atoms with Crippen molar-refractivity contribution in [3.8, 4) is 0 Å². The van der Waals surface area contributed by atoms with E-state index < -0.39 is 11.7 Å². The molecule has 126 valence electrons. The fourth-order valence-corrected chi connectivity index (χ4v) is 2.94. The fraction of sp³-hybridized carbons (Fsp3) is 0.278. The number of likely N-dealkylation sites (N-methyl/N-ethyl adjacent to an activating group) is 1. The molecule has 1 aliphatic heterocycles. The van der Waals surface area contributed by atoms with E-state index in [4.69, 9.17) is 11.6 Å². The summed E-state index contributed by atoms with van der Waals surface area (Å²) in [6.07, 6.45) is 0. The van der Waals surface area contributed by atoms with Crippen LogP contribution in [0, 0.1) is 5.82 Å². The molecule has 1 N–H and O–H groups in total. The van der Waals surface area contributed by atoms with E-state index in [-0.39, 0.29) is 5.56 Å². The molecule has 0 aromatic heterocycles. The summed E-state index contributed by atoms with van der Waals surface area (Å²) in [6, 6.07) is 11.3. The number of benzene rings is 2. The van der Waals surface area contributed by atoms with Gasteiger partial charge in [-0.25, -0.2) is 4.39 Å². The van der Waals surface area contributed by atoms with E-state index in [1.54, 1.807) is 24.3 Å². The van der Waals surface area contributed by atoms with Crippen LogP contribution < -0.4 is 10.2 Å². The number of hydrogen-bond donors (Lipinski definition) is 1. The smallest absolute Gasteiger partial charge is 0.258 e. The van der Waals surface area contributed by atoms with Gasteiger partial charge >= 0.3 is 0 Å². The van der Waals surface area contributed by atoms with Gasteiger partial charge in [-0.05, 0) is 37.4 Å². The average Bonchev–Trinajstić information content (AvgIpc) is 2.56. The first-order chi connectivity index (χ1) is 11.5. The predicted molar refractivity (Wildman–Crippen MR) is 95.5 cm³/mol. The number of anilines is 2. The van der Waals surface area contributed by atoms with Gasteiger partial charge in [-0.2, -0.15) is 0 Å². The SMILES string of the molecule is CN1CCN(c2ccc(Cl)cc2NC(=O)c2ccccc2F)CC1. The third-order valence-electron chi connectivity index (χ3n) is 4.17. The minimum absolute atomic E-state index is 0.0156. The zero-order valence-electron chi connectivity index (χ0n) is 13.4. The van der Waals surface area contributed by atoms with Gasteiger partial charge in [0.25, 0.3) is 5.91 Å². The highest BCUT2D eigenvalue weighted by molar-refractivity contribution is 6.31. The van der Waals surface area contributed by atoms with Crippen molar-refractivity contribution in [1.82, 2.24) is 4.90 Å². The number of halogens is 2. The molecule has 0 saturated carbocycles. The second-order valence-corrected chi connectivity index (χ2v) is 6.32. The van der Waals surface area contributed by atoms with E-state index in [1.165, 1.54) is 12.1 Å². The van der Waals surface area contributed by atoms with Crippen LogP contribution in [-0.4, -0.2) is 44.0 Å². The molecule has 1 saturated heterocycles. The monoisotopic (exact) mass is 347 g/mol. The van der Waals surface area contributed by atoms with Crippen molar-refractivity contribution in [2.24, 2.45) is 0 Å². The molecule has 3 rings (SSSR count). The third-order valence-corrected chi connectivity index (χ3v) is 4.40. The van der Waals surface area contributed by atoms with Crippen LogP contribution >= 0.6 is 11.6 Å². The van der Waals surface area contributed by atoms with Gasteiger partial charge in [-0.3, -0.25) is 4.79 Å². The number of amides is 1. The Kier molecular flexibility index (Phi) is 5.02. The van der Waals surface area contributed by atoms with Gasteiger partial charge in [-0.1, -0.05) is 23.7 Å². The molecule has 1 amide bonds. The molecule has 2 aromatic carbocycles. The Hall–Kier alpha value is -2.11. The molecule has 4 nitrogen and oxygen atoms in total. The lowest BCUT2D eigenvalue weighted by Crippen LogP contribution is -2.44. The van der Waals surface area contributed by atoms with E-state index in [2.05, 4.69) is 22.2 Å². The number of carbonyl (C=O) groups excluding carboxylic acids is 1. The van der Waals surface area contributed by atoms with E-state index in [1.807, 2.05) is 6.07 Å². The molecule has 6 heteroatoms. The molecule has 1 aliphatic rings. The van der Waals surface area contributed by atoms with Crippen LogP contribution in [0.15, 0.2) is 42.5 Å². The van der Waals surface area contributed by atoms with Gasteiger partial charge in [-0.15, -0.1) is 0 Å². The van der Waals surface area contributed by atoms with Gasteiger partial charge in [0.05, 0.1) is 16.9 Å². The molecule has 0 bridgehead atoms. The molecule has 2 aromatic rings. The number of nitrogens with one attached hydrogen (secondary N) is 1. The molecule has 0 spiro atoms. The van der Waals surface area contributed by atoms with Crippen LogP contribution in [0.4, 0.5) is 15.8 Å². The largest absolute Gasteiger partial charge is 0.367 e. The van der Waals surface area contributed by atoms with Crippen molar-refractivity contribution < 1.29 is 9.18 Å². The summed E-state index contributed by atoms with van der Waals surface area (Å²) in [6.45, 7) is 3.62. The van der Waals surface area contributed by atoms with Crippen LogP contribution in [-0.2, 0) is 0 Å². The number of hydrogen-bond acceptors (Lipinski definition) is 3. The lowest BCUT2D eigenvalue weighted by Gasteiger charge is -2.35. The molecule has 24 heavy (non-hydrogen) atoms. The first-order valence-electron chi connectivity index (χ1n) is 7.83. The summed E-state index contributed by atoms with van der Waals surface area (Å²) in [5, 5.41) is 3.32. The highest BCUT2D eigenvalue weighted by atomic mass is 35.5. The van der Waals surface area contributed by atoms with Crippen LogP contribution in [0.3, 0.4) is 0 Å². The maximum atomic E-state index is 13.8. The van der Waals surface area contributed by atoms with Crippen LogP contribution in [0.1, 0.15) is 10.4 Å². The zero-order valence-corrected chi connectivity index (χ0v) is 14.2. The third kappa shape index (κ3) is 3.68. The van der Waals surface area contributed by atoms with Gasteiger partial charge in [0.2, 0.25) is 0 Å². The van der Waals surface area contributed by atoms with Gasteiger partial charge in [0.15, 0.2) is 0 Å². The first-order valence-corrected chi connectivity index (χ1v) is 8.21. The summed E-state index contributed by atoms with van der Waals surface area (Å²) in [7, 11) is 2.08. The van der Waals surface area contributed by atoms with Crippen molar-refractivity contribution >= 4 is 28.9 Å². The molecule has 0 atom stereocenters. The Labute approximate surface area is 145 Å². The van der Waals surface area contributed by atoms with Crippen LogP contribution in [0.5, 0.6) is 0 Å². The van der Waals surface area contributed by atoms with Crippen molar-refractivity contribution in [2.75, 3.05) is 43.4 Å². The van der Waals surface area contributed by atoms with E-state index in [9.17, 15) is 9.18 Å².